The van der Waals surface area contributed by atoms with Gasteiger partial charge in [-0.1, -0.05) is 30.3 Å². The van der Waals surface area contributed by atoms with Gasteiger partial charge in [-0.15, -0.1) is 12.4 Å². The molecule has 0 heterocycles. The molecule has 0 bridgehead atoms. The lowest BCUT2D eigenvalue weighted by molar-refractivity contribution is 0.586. The van der Waals surface area contributed by atoms with Crippen LogP contribution >= 0.6 is 12.4 Å². The van der Waals surface area contributed by atoms with Gasteiger partial charge in [-0.3, -0.25) is 0 Å². The van der Waals surface area contributed by atoms with Crippen LogP contribution < -0.4 is 5.32 Å². The molecule has 0 radical (unpaired) electrons. The van der Waals surface area contributed by atoms with E-state index in [1.165, 1.54) is 11.8 Å². The first-order chi connectivity index (χ1) is 9.94. The zero-order valence-electron chi connectivity index (χ0n) is 12.7. The van der Waals surface area contributed by atoms with Gasteiger partial charge in [0.05, 0.1) is 4.90 Å². The van der Waals surface area contributed by atoms with E-state index < -0.39 is 9.84 Å². The average Bonchev–Trinajstić information content (AvgIpc) is 3.28. The summed E-state index contributed by atoms with van der Waals surface area (Å²) in [5.41, 5.74) is 3.38. The summed E-state index contributed by atoms with van der Waals surface area (Å²) in [5, 5.41) is 3.39. The molecule has 3 nitrogen and oxygen atoms in total. The molecule has 1 fully saturated rings. The molecule has 22 heavy (non-hydrogen) atoms. The van der Waals surface area contributed by atoms with Crippen LogP contribution in [0, 0.1) is 0 Å². The molecule has 1 saturated carbocycles. The highest BCUT2D eigenvalue weighted by Gasteiger charge is 2.42. The first-order valence-electron chi connectivity index (χ1n) is 7.05. The zero-order chi connectivity index (χ0) is 15.1. The van der Waals surface area contributed by atoms with Crippen LogP contribution in [0.5, 0.6) is 0 Å². The fourth-order valence-electron chi connectivity index (χ4n) is 2.71. The van der Waals surface area contributed by atoms with Crippen LogP contribution in [0.25, 0.3) is 11.1 Å². The van der Waals surface area contributed by atoms with E-state index in [2.05, 4.69) is 17.4 Å². The van der Waals surface area contributed by atoms with Gasteiger partial charge >= 0.3 is 0 Å². The Balaban J connectivity index is 0.00000176. The number of nitrogens with one attached hydrogen (secondary N) is 1. The molecule has 0 saturated heterocycles. The minimum atomic E-state index is -3.18. The highest BCUT2D eigenvalue weighted by molar-refractivity contribution is 7.90. The van der Waals surface area contributed by atoms with Crippen LogP contribution in [0.2, 0.25) is 0 Å². The highest BCUT2D eigenvalue weighted by Crippen LogP contribution is 2.45. The molecular weight excluding hydrogens is 318 g/mol. The van der Waals surface area contributed by atoms with E-state index in [-0.39, 0.29) is 17.9 Å². The van der Waals surface area contributed by atoms with Gasteiger partial charge in [0.15, 0.2) is 9.84 Å². The van der Waals surface area contributed by atoms with Crippen LogP contribution in [0.3, 0.4) is 0 Å². The van der Waals surface area contributed by atoms with Crippen LogP contribution in [0.15, 0.2) is 53.4 Å². The molecule has 0 atom stereocenters. The van der Waals surface area contributed by atoms with E-state index in [9.17, 15) is 8.42 Å². The number of hydrogen-bond donors (Lipinski definition) is 1. The van der Waals surface area contributed by atoms with Gasteiger partial charge in [-0.2, -0.15) is 0 Å². The minimum absolute atomic E-state index is 0. The van der Waals surface area contributed by atoms with Crippen molar-refractivity contribution in [1.82, 2.24) is 5.32 Å². The number of halogens is 1. The summed E-state index contributed by atoms with van der Waals surface area (Å²) in [6.07, 6.45) is 3.54. The molecule has 0 aliphatic heterocycles. The van der Waals surface area contributed by atoms with E-state index >= 15 is 0 Å². The number of benzene rings is 2. The van der Waals surface area contributed by atoms with Crippen molar-refractivity contribution in [2.75, 3.05) is 13.3 Å². The molecule has 0 unspecified atom stereocenters. The Morgan fingerprint density at radius 2 is 1.59 bits per heavy atom. The van der Waals surface area contributed by atoms with Gasteiger partial charge in [-0.05, 0) is 54.8 Å². The maximum atomic E-state index is 11.7. The SMILES string of the molecule is CNC1(c2cccc(-c3cccc(S(C)(=O)=O)c3)c2)CC1.Cl. The Kier molecular flexibility index (Phi) is 4.66. The molecule has 1 N–H and O–H groups in total. The van der Waals surface area contributed by atoms with Crippen molar-refractivity contribution in [3.63, 3.8) is 0 Å². The van der Waals surface area contributed by atoms with Gasteiger partial charge in [0.25, 0.3) is 0 Å². The molecule has 0 spiro atoms. The summed E-state index contributed by atoms with van der Waals surface area (Å²) < 4.78 is 23.4. The van der Waals surface area contributed by atoms with Crippen molar-refractivity contribution in [3.8, 4) is 11.1 Å². The second-order valence-corrected chi connectivity index (χ2v) is 7.73. The maximum absolute atomic E-state index is 11.7. The molecule has 1 aliphatic carbocycles. The summed E-state index contributed by atoms with van der Waals surface area (Å²) in [5.74, 6) is 0. The van der Waals surface area contributed by atoms with E-state index in [1.54, 1.807) is 18.2 Å². The van der Waals surface area contributed by atoms with Crippen LogP contribution in [-0.4, -0.2) is 21.7 Å². The molecular formula is C17H20ClNO2S. The second kappa shape index (κ2) is 6.03. The standard InChI is InChI=1S/C17H19NO2S.ClH/c1-18-17(9-10-17)15-7-3-5-13(11-15)14-6-4-8-16(12-14)21(2,19)20;/h3-8,11-12,18H,9-10H2,1-2H3;1H. The Hall–Kier alpha value is -1.36. The van der Waals surface area contributed by atoms with E-state index in [4.69, 9.17) is 0 Å². The Morgan fingerprint density at radius 1 is 1.00 bits per heavy atom. The van der Waals surface area contributed by atoms with Gasteiger partial charge in [0.1, 0.15) is 0 Å². The number of sulfone groups is 1. The van der Waals surface area contributed by atoms with Crippen molar-refractivity contribution in [2.24, 2.45) is 0 Å². The zero-order valence-corrected chi connectivity index (χ0v) is 14.3. The molecule has 2 aromatic rings. The average molecular weight is 338 g/mol. The molecule has 118 valence electrons. The fourth-order valence-corrected chi connectivity index (χ4v) is 3.38. The summed E-state index contributed by atoms with van der Waals surface area (Å²) >= 11 is 0. The lowest BCUT2D eigenvalue weighted by Crippen LogP contribution is -2.24. The monoisotopic (exact) mass is 337 g/mol. The number of hydrogen-bond acceptors (Lipinski definition) is 3. The Labute approximate surface area is 138 Å². The predicted molar refractivity (Wildman–Crippen MR) is 92.2 cm³/mol. The quantitative estimate of drug-likeness (QED) is 0.930. The molecule has 0 aromatic heterocycles. The molecule has 1 aliphatic rings. The topological polar surface area (TPSA) is 46.2 Å². The van der Waals surface area contributed by atoms with Crippen LogP contribution in [0.1, 0.15) is 18.4 Å². The Morgan fingerprint density at radius 3 is 2.14 bits per heavy atom. The van der Waals surface area contributed by atoms with Crippen molar-refractivity contribution in [1.29, 1.82) is 0 Å². The van der Waals surface area contributed by atoms with E-state index in [1.807, 2.05) is 25.2 Å². The second-order valence-electron chi connectivity index (χ2n) is 5.71. The van der Waals surface area contributed by atoms with Gasteiger partial charge < -0.3 is 5.32 Å². The molecule has 0 amide bonds. The van der Waals surface area contributed by atoms with Crippen LogP contribution in [0.4, 0.5) is 0 Å². The largest absolute Gasteiger partial charge is 0.310 e. The third kappa shape index (κ3) is 3.19. The molecule has 3 rings (SSSR count). The summed E-state index contributed by atoms with van der Waals surface area (Å²) in [4.78, 5) is 0.361. The molecule has 2 aromatic carbocycles. The van der Waals surface area contributed by atoms with Crippen molar-refractivity contribution in [2.45, 2.75) is 23.3 Å². The van der Waals surface area contributed by atoms with E-state index in [0.29, 0.717) is 4.90 Å². The van der Waals surface area contributed by atoms with Gasteiger partial charge in [-0.25, -0.2) is 8.42 Å². The van der Waals surface area contributed by atoms with Crippen molar-refractivity contribution < 1.29 is 8.42 Å². The molecule has 5 heteroatoms. The Bertz CT molecular complexity index is 783. The maximum Gasteiger partial charge on any atom is 0.175 e. The van der Waals surface area contributed by atoms with Crippen molar-refractivity contribution >= 4 is 22.2 Å². The highest BCUT2D eigenvalue weighted by atomic mass is 35.5. The van der Waals surface area contributed by atoms with E-state index in [0.717, 1.165) is 24.0 Å². The smallest absolute Gasteiger partial charge is 0.175 e. The fraction of sp³-hybridized carbons (Fsp3) is 0.294. The summed E-state index contributed by atoms with van der Waals surface area (Å²) in [6.45, 7) is 0. The van der Waals surface area contributed by atoms with Gasteiger partial charge in [0.2, 0.25) is 0 Å². The lowest BCUT2D eigenvalue weighted by Gasteiger charge is -2.16. The summed E-state index contributed by atoms with van der Waals surface area (Å²) in [7, 11) is -1.19. The normalized spacial score (nSPS) is 15.9. The number of rotatable bonds is 4. The minimum Gasteiger partial charge on any atom is -0.310 e. The first kappa shape index (κ1) is 17.0. The lowest BCUT2D eigenvalue weighted by atomic mass is 9.98. The predicted octanol–water partition coefficient (Wildman–Crippen LogP) is 3.39. The van der Waals surface area contributed by atoms with Crippen LogP contribution in [-0.2, 0) is 15.4 Å². The third-order valence-corrected chi connectivity index (χ3v) is 5.35. The third-order valence-electron chi connectivity index (χ3n) is 4.24. The van der Waals surface area contributed by atoms with Crippen molar-refractivity contribution in [3.05, 3.63) is 54.1 Å². The first-order valence-corrected chi connectivity index (χ1v) is 8.94. The van der Waals surface area contributed by atoms with Gasteiger partial charge in [0, 0.05) is 11.8 Å². The summed E-state index contributed by atoms with van der Waals surface area (Å²) in [6, 6.07) is 15.5.